The van der Waals surface area contributed by atoms with Gasteiger partial charge >= 0.3 is 0 Å². The van der Waals surface area contributed by atoms with Gasteiger partial charge in [0.05, 0.1) is 22.6 Å². The van der Waals surface area contributed by atoms with Crippen molar-refractivity contribution < 1.29 is 9.64 Å². The zero-order valence-corrected chi connectivity index (χ0v) is 13.6. The standard InChI is InChI=1S/C15H19BrClNO/c1-4-6-18(7-5-2)8-9-19-15-13(16)10-12(3)11-14(15)17/h4-5,10-11H,1-2,6-9H2,3H3/p+1. The van der Waals surface area contributed by atoms with Crippen LogP contribution in [0.25, 0.3) is 0 Å². The van der Waals surface area contributed by atoms with E-state index in [4.69, 9.17) is 16.3 Å². The van der Waals surface area contributed by atoms with Crippen molar-refractivity contribution >= 4 is 27.5 Å². The van der Waals surface area contributed by atoms with E-state index in [2.05, 4.69) is 29.1 Å². The fourth-order valence-electron chi connectivity index (χ4n) is 1.82. The number of benzene rings is 1. The van der Waals surface area contributed by atoms with Crippen molar-refractivity contribution in [2.24, 2.45) is 0 Å². The lowest BCUT2D eigenvalue weighted by atomic mass is 10.2. The number of hydrogen-bond donors (Lipinski definition) is 1. The van der Waals surface area contributed by atoms with Crippen LogP contribution in [0.5, 0.6) is 5.75 Å². The molecule has 0 fully saturated rings. The topological polar surface area (TPSA) is 13.7 Å². The Labute approximate surface area is 128 Å². The molecule has 1 aromatic carbocycles. The molecular weight excluding hydrogens is 326 g/mol. The Morgan fingerprint density at radius 1 is 1.32 bits per heavy atom. The summed E-state index contributed by atoms with van der Waals surface area (Å²) in [4.78, 5) is 1.37. The van der Waals surface area contributed by atoms with Crippen molar-refractivity contribution in [3.63, 3.8) is 0 Å². The summed E-state index contributed by atoms with van der Waals surface area (Å²) in [6.07, 6.45) is 3.82. The van der Waals surface area contributed by atoms with Crippen LogP contribution in [0.2, 0.25) is 5.02 Å². The maximum Gasteiger partial charge on any atom is 0.152 e. The van der Waals surface area contributed by atoms with Crippen molar-refractivity contribution in [1.29, 1.82) is 0 Å². The first-order valence-electron chi connectivity index (χ1n) is 6.22. The van der Waals surface area contributed by atoms with Crippen LogP contribution in [0, 0.1) is 6.92 Å². The molecule has 2 nitrogen and oxygen atoms in total. The summed E-state index contributed by atoms with van der Waals surface area (Å²) < 4.78 is 6.67. The highest BCUT2D eigenvalue weighted by Gasteiger charge is 2.10. The van der Waals surface area contributed by atoms with Gasteiger partial charge in [-0.05, 0) is 52.7 Å². The average Bonchev–Trinajstić information content (AvgIpc) is 2.32. The van der Waals surface area contributed by atoms with Gasteiger partial charge < -0.3 is 9.64 Å². The van der Waals surface area contributed by atoms with E-state index in [0.29, 0.717) is 17.4 Å². The predicted octanol–water partition coefficient (Wildman–Crippen LogP) is 3.05. The number of aryl methyl sites for hydroxylation is 1. The van der Waals surface area contributed by atoms with Gasteiger partial charge in [0.15, 0.2) is 5.75 Å². The molecule has 0 amide bonds. The number of hydrogen-bond acceptors (Lipinski definition) is 1. The van der Waals surface area contributed by atoms with E-state index >= 15 is 0 Å². The Hall–Kier alpha value is -0.770. The predicted molar refractivity (Wildman–Crippen MR) is 85.3 cm³/mol. The lowest BCUT2D eigenvalue weighted by molar-refractivity contribution is -0.888. The van der Waals surface area contributed by atoms with Gasteiger partial charge in [0, 0.05) is 0 Å². The second-order valence-electron chi connectivity index (χ2n) is 4.39. The van der Waals surface area contributed by atoms with Crippen molar-refractivity contribution in [1.82, 2.24) is 0 Å². The van der Waals surface area contributed by atoms with Crippen LogP contribution in [0.15, 0.2) is 41.9 Å². The van der Waals surface area contributed by atoms with Crippen LogP contribution in [0.1, 0.15) is 5.56 Å². The van der Waals surface area contributed by atoms with Gasteiger partial charge in [0.2, 0.25) is 0 Å². The molecule has 1 rings (SSSR count). The van der Waals surface area contributed by atoms with Crippen molar-refractivity contribution in [3.8, 4) is 5.75 Å². The first-order chi connectivity index (χ1) is 9.08. The monoisotopic (exact) mass is 344 g/mol. The van der Waals surface area contributed by atoms with Crippen LogP contribution in [-0.2, 0) is 0 Å². The third-order valence-corrected chi connectivity index (χ3v) is 3.58. The second kappa shape index (κ2) is 8.41. The van der Waals surface area contributed by atoms with Crippen molar-refractivity contribution in [3.05, 3.63) is 52.5 Å². The molecule has 0 heterocycles. The molecule has 0 aliphatic heterocycles. The summed E-state index contributed by atoms with van der Waals surface area (Å²) >= 11 is 9.66. The minimum absolute atomic E-state index is 0.610. The molecule has 1 aromatic rings. The lowest BCUT2D eigenvalue weighted by Crippen LogP contribution is -3.12. The van der Waals surface area contributed by atoms with E-state index in [1.807, 2.05) is 31.2 Å². The number of ether oxygens (including phenoxy) is 1. The number of quaternary nitrogens is 1. The largest absolute Gasteiger partial charge is 0.485 e. The Bertz CT molecular complexity index is 415. The highest BCUT2D eigenvalue weighted by molar-refractivity contribution is 9.10. The third-order valence-electron chi connectivity index (χ3n) is 2.71. The Kier molecular flexibility index (Phi) is 7.21. The minimum atomic E-state index is 0.610. The highest BCUT2D eigenvalue weighted by Crippen LogP contribution is 2.34. The third kappa shape index (κ3) is 5.39. The van der Waals surface area contributed by atoms with Crippen LogP contribution in [0.4, 0.5) is 0 Å². The summed E-state index contributed by atoms with van der Waals surface area (Å²) in [6.45, 7) is 12.8. The first kappa shape index (κ1) is 16.3. The van der Waals surface area contributed by atoms with Crippen molar-refractivity contribution in [2.45, 2.75) is 6.92 Å². The fraction of sp³-hybridized carbons (Fsp3) is 0.333. The van der Waals surface area contributed by atoms with Gasteiger partial charge in [-0.1, -0.05) is 24.8 Å². The molecule has 0 spiro atoms. The lowest BCUT2D eigenvalue weighted by Gasteiger charge is -2.17. The van der Waals surface area contributed by atoms with Crippen LogP contribution < -0.4 is 9.64 Å². The molecule has 4 heteroatoms. The molecule has 104 valence electrons. The normalized spacial score (nSPS) is 10.5. The molecule has 19 heavy (non-hydrogen) atoms. The van der Waals surface area contributed by atoms with E-state index in [-0.39, 0.29) is 0 Å². The smallest absolute Gasteiger partial charge is 0.152 e. The van der Waals surface area contributed by atoms with Gasteiger partial charge in [-0.2, -0.15) is 0 Å². The highest BCUT2D eigenvalue weighted by atomic mass is 79.9. The summed E-state index contributed by atoms with van der Waals surface area (Å²) in [5, 5.41) is 0.640. The molecular formula is C15H20BrClNO+. The maximum absolute atomic E-state index is 6.18. The van der Waals surface area contributed by atoms with E-state index < -0.39 is 0 Å². The number of nitrogens with one attached hydrogen (secondary N) is 1. The Balaban J connectivity index is 2.57. The van der Waals surface area contributed by atoms with Gasteiger partial charge in [0.1, 0.15) is 13.2 Å². The summed E-state index contributed by atoms with van der Waals surface area (Å²) in [7, 11) is 0. The molecule has 0 radical (unpaired) electrons. The minimum Gasteiger partial charge on any atom is -0.485 e. The first-order valence-corrected chi connectivity index (χ1v) is 7.39. The van der Waals surface area contributed by atoms with E-state index in [1.54, 1.807) is 0 Å². The van der Waals surface area contributed by atoms with E-state index in [0.717, 1.165) is 29.7 Å². The van der Waals surface area contributed by atoms with Gasteiger partial charge in [-0.3, -0.25) is 0 Å². The van der Waals surface area contributed by atoms with Crippen LogP contribution in [0.3, 0.4) is 0 Å². The second-order valence-corrected chi connectivity index (χ2v) is 5.65. The average molecular weight is 346 g/mol. The molecule has 0 aliphatic rings. The van der Waals surface area contributed by atoms with Gasteiger partial charge in [-0.15, -0.1) is 0 Å². The summed E-state index contributed by atoms with van der Waals surface area (Å²) in [6, 6.07) is 3.90. The maximum atomic E-state index is 6.18. The zero-order chi connectivity index (χ0) is 14.3. The van der Waals surface area contributed by atoms with E-state index in [9.17, 15) is 0 Å². The molecule has 0 aliphatic carbocycles. The SMILES string of the molecule is C=CC[NH+](CC=C)CCOc1c(Cl)cc(C)cc1Br. The molecule has 0 saturated carbocycles. The molecule has 0 aromatic heterocycles. The summed E-state index contributed by atoms with van der Waals surface area (Å²) in [5.41, 5.74) is 1.11. The summed E-state index contributed by atoms with van der Waals surface area (Å²) in [5.74, 6) is 0.712. The molecule has 0 saturated heterocycles. The van der Waals surface area contributed by atoms with Gasteiger partial charge in [0.25, 0.3) is 0 Å². The quantitative estimate of drug-likeness (QED) is 0.715. The molecule has 0 atom stereocenters. The van der Waals surface area contributed by atoms with Gasteiger partial charge in [-0.25, -0.2) is 0 Å². The Morgan fingerprint density at radius 3 is 2.47 bits per heavy atom. The molecule has 0 unspecified atom stereocenters. The Morgan fingerprint density at radius 2 is 1.95 bits per heavy atom. The van der Waals surface area contributed by atoms with E-state index in [1.165, 1.54) is 4.90 Å². The molecule has 0 bridgehead atoms. The van der Waals surface area contributed by atoms with Crippen LogP contribution in [-0.4, -0.2) is 26.2 Å². The number of halogens is 2. The zero-order valence-electron chi connectivity index (χ0n) is 11.2. The molecule has 1 N–H and O–H groups in total. The fourth-order valence-corrected chi connectivity index (χ4v) is 2.95. The van der Waals surface area contributed by atoms with Crippen LogP contribution >= 0.6 is 27.5 Å². The number of rotatable bonds is 8. The van der Waals surface area contributed by atoms with Crippen molar-refractivity contribution in [2.75, 3.05) is 26.2 Å².